The molecule has 0 aromatic heterocycles. The van der Waals surface area contributed by atoms with Gasteiger partial charge in [-0.25, -0.2) is 0 Å². The Morgan fingerprint density at radius 1 is 1.50 bits per heavy atom. The lowest BCUT2D eigenvalue weighted by atomic mass is 10.1. The molecule has 3 nitrogen and oxygen atoms in total. The predicted molar refractivity (Wildman–Crippen MR) is 49.7 cm³/mol. The van der Waals surface area contributed by atoms with Gasteiger partial charge in [-0.05, 0) is 6.07 Å². The molecule has 4 heteroatoms. The Labute approximate surface area is 85.3 Å². The third-order valence-corrected chi connectivity index (χ3v) is 3.15. The smallest absolute Gasteiger partial charge is 0.311 e. The highest BCUT2D eigenvalue weighted by molar-refractivity contribution is 6.32. The summed E-state index contributed by atoms with van der Waals surface area (Å²) in [6.07, 6.45) is -0.192. The summed E-state index contributed by atoms with van der Waals surface area (Å²) in [7, 11) is 0. The van der Waals surface area contributed by atoms with Gasteiger partial charge < -0.3 is 9.84 Å². The van der Waals surface area contributed by atoms with Gasteiger partial charge in [0.2, 0.25) is 0 Å². The molecule has 1 fully saturated rings. The van der Waals surface area contributed by atoms with Crippen LogP contribution < -0.4 is 4.74 Å². The van der Waals surface area contributed by atoms with Crippen molar-refractivity contribution in [3.05, 3.63) is 28.8 Å². The normalized spacial score (nSPS) is 31.6. The second kappa shape index (κ2) is 2.42. The lowest BCUT2D eigenvalue weighted by Crippen LogP contribution is -2.08. The van der Waals surface area contributed by atoms with E-state index < -0.39 is 5.97 Å². The molecule has 2 aliphatic rings. The molecule has 1 saturated carbocycles. The summed E-state index contributed by atoms with van der Waals surface area (Å²) in [6.45, 7) is 0. The number of benzene rings is 1. The standard InChI is InChI=1S/C10H7ClO3/c11-5-3-1-2-4-6-7(10(12)13)9(6)14-8(4)5/h1-3,6-7,9H,(H,12,13)/t6-,7-,9?/m1/s1. The number of fused-ring (bicyclic) bond motifs is 3. The molecule has 1 aliphatic heterocycles. The van der Waals surface area contributed by atoms with Gasteiger partial charge in [-0.2, -0.15) is 0 Å². The molecular formula is C10H7ClO3. The largest absolute Gasteiger partial charge is 0.487 e. The van der Waals surface area contributed by atoms with E-state index in [1.807, 2.05) is 12.1 Å². The Bertz CT molecular complexity index is 429. The van der Waals surface area contributed by atoms with Crippen molar-refractivity contribution in [2.45, 2.75) is 12.0 Å². The van der Waals surface area contributed by atoms with Gasteiger partial charge in [0, 0.05) is 11.5 Å². The second-order valence-corrected chi connectivity index (χ2v) is 4.04. The Morgan fingerprint density at radius 2 is 2.29 bits per heavy atom. The predicted octanol–water partition coefficient (Wildman–Crippen LogP) is 1.90. The van der Waals surface area contributed by atoms with E-state index >= 15 is 0 Å². The average Bonchev–Trinajstić information content (AvgIpc) is 2.73. The van der Waals surface area contributed by atoms with E-state index in [1.165, 1.54) is 0 Å². The van der Waals surface area contributed by atoms with E-state index in [4.69, 9.17) is 21.4 Å². The van der Waals surface area contributed by atoms with Crippen LogP contribution >= 0.6 is 11.6 Å². The lowest BCUT2D eigenvalue weighted by molar-refractivity contribution is -0.139. The molecule has 14 heavy (non-hydrogen) atoms. The number of para-hydroxylation sites is 1. The van der Waals surface area contributed by atoms with E-state index in [1.54, 1.807) is 6.07 Å². The fourth-order valence-corrected chi connectivity index (χ4v) is 2.37. The molecule has 1 aliphatic carbocycles. The number of aliphatic carboxylic acids is 1. The summed E-state index contributed by atoms with van der Waals surface area (Å²) in [6, 6.07) is 5.46. The van der Waals surface area contributed by atoms with E-state index in [2.05, 4.69) is 0 Å². The Balaban J connectivity index is 2.03. The first-order valence-electron chi connectivity index (χ1n) is 4.38. The molecule has 1 aromatic rings. The van der Waals surface area contributed by atoms with Crippen LogP contribution in [-0.2, 0) is 4.79 Å². The molecule has 3 atom stereocenters. The molecule has 0 bridgehead atoms. The van der Waals surface area contributed by atoms with E-state index in [0.717, 1.165) is 5.56 Å². The van der Waals surface area contributed by atoms with Crippen LogP contribution in [0, 0.1) is 5.92 Å². The van der Waals surface area contributed by atoms with Crippen molar-refractivity contribution in [3.8, 4) is 5.75 Å². The molecule has 1 unspecified atom stereocenters. The van der Waals surface area contributed by atoms with Crippen LogP contribution in [0.15, 0.2) is 18.2 Å². The van der Waals surface area contributed by atoms with Crippen molar-refractivity contribution in [1.29, 1.82) is 0 Å². The van der Waals surface area contributed by atoms with Gasteiger partial charge in [0.05, 0.1) is 5.02 Å². The van der Waals surface area contributed by atoms with Crippen molar-refractivity contribution in [2.75, 3.05) is 0 Å². The van der Waals surface area contributed by atoms with Gasteiger partial charge >= 0.3 is 5.97 Å². The lowest BCUT2D eigenvalue weighted by Gasteiger charge is -2.06. The molecule has 1 N–H and O–H groups in total. The molecule has 0 amide bonds. The van der Waals surface area contributed by atoms with Gasteiger partial charge in [-0.1, -0.05) is 23.7 Å². The molecular weight excluding hydrogens is 204 g/mol. The highest BCUT2D eigenvalue weighted by Crippen LogP contribution is 2.59. The van der Waals surface area contributed by atoms with Crippen molar-refractivity contribution in [1.82, 2.24) is 0 Å². The number of hydrogen-bond donors (Lipinski definition) is 1. The highest BCUT2D eigenvalue weighted by atomic mass is 35.5. The molecule has 3 rings (SSSR count). The fourth-order valence-electron chi connectivity index (χ4n) is 2.14. The van der Waals surface area contributed by atoms with Gasteiger partial charge in [0.25, 0.3) is 0 Å². The zero-order chi connectivity index (χ0) is 9.87. The van der Waals surface area contributed by atoms with Crippen molar-refractivity contribution < 1.29 is 14.6 Å². The molecule has 0 spiro atoms. The molecule has 1 aromatic carbocycles. The fraction of sp³-hybridized carbons (Fsp3) is 0.300. The quantitative estimate of drug-likeness (QED) is 0.770. The van der Waals surface area contributed by atoms with E-state index in [9.17, 15) is 4.79 Å². The first kappa shape index (κ1) is 8.12. The van der Waals surface area contributed by atoms with Crippen LogP contribution in [0.25, 0.3) is 0 Å². The van der Waals surface area contributed by atoms with Gasteiger partial charge in [-0.15, -0.1) is 0 Å². The number of carboxylic acids is 1. The number of hydrogen-bond acceptors (Lipinski definition) is 2. The first-order valence-corrected chi connectivity index (χ1v) is 4.76. The maximum Gasteiger partial charge on any atom is 0.311 e. The van der Waals surface area contributed by atoms with Crippen molar-refractivity contribution in [2.24, 2.45) is 5.92 Å². The molecule has 1 heterocycles. The third-order valence-electron chi connectivity index (χ3n) is 2.85. The van der Waals surface area contributed by atoms with E-state index in [0.29, 0.717) is 10.8 Å². The van der Waals surface area contributed by atoms with Gasteiger partial charge in [-0.3, -0.25) is 4.79 Å². The van der Waals surface area contributed by atoms with Crippen LogP contribution in [0.3, 0.4) is 0 Å². The summed E-state index contributed by atoms with van der Waals surface area (Å²) in [5.41, 5.74) is 0.940. The van der Waals surface area contributed by atoms with Crippen LogP contribution in [0.1, 0.15) is 11.5 Å². The van der Waals surface area contributed by atoms with Crippen molar-refractivity contribution in [3.63, 3.8) is 0 Å². The minimum absolute atomic E-state index is 0.0150. The monoisotopic (exact) mass is 210 g/mol. The van der Waals surface area contributed by atoms with E-state index in [-0.39, 0.29) is 17.9 Å². The topological polar surface area (TPSA) is 46.5 Å². The maximum atomic E-state index is 10.8. The summed E-state index contributed by atoms with van der Waals surface area (Å²) >= 11 is 5.91. The minimum Gasteiger partial charge on any atom is -0.487 e. The zero-order valence-electron chi connectivity index (χ0n) is 7.11. The average molecular weight is 211 g/mol. The molecule has 0 saturated heterocycles. The number of carboxylic acid groups (broad SMARTS) is 1. The molecule has 0 radical (unpaired) electrons. The summed E-state index contributed by atoms with van der Waals surface area (Å²) in [5, 5.41) is 9.41. The number of carbonyl (C=O) groups is 1. The van der Waals surface area contributed by atoms with Crippen molar-refractivity contribution >= 4 is 17.6 Å². The van der Waals surface area contributed by atoms with Crippen LogP contribution in [0.2, 0.25) is 5.02 Å². The zero-order valence-corrected chi connectivity index (χ0v) is 7.86. The maximum absolute atomic E-state index is 10.8. The number of halogens is 1. The Hall–Kier alpha value is -1.22. The first-order chi connectivity index (χ1) is 6.70. The summed E-state index contributed by atoms with van der Waals surface area (Å²) < 4.78 is 5.47. The van der Waals surface area contributed by atoms with Gasteiger partial charge in [0.1, 0.15) is 17.8 Å². The minimum atomic E-state index is -0.786. The van der Waals surface area contributed by atoms with Crippen LogP contribution in [0.5, 0.6) is 5.75 Å². The molecule has 72 valence electrons. The Kier molecular flexibility index (Phi) is 1.40. The van der Waals surface area contributed by atoms with Crippen LogP contribution in [-0.4, -0.2) is 17.2 Å². The Morgan fingerprint density at radius 3 is 3.00 bits per heavy atom. The van der Waals surface area contributed by atoms with Crippen LogP contribution in [0.4, 0.5) is 0 Å². The SMILES string of the molecule is O=C(O)[C@H]1C2Oc3c(Cl)cccc3[C@@H]21. The third kappa shape index (κ3) is 0.852. The number of rotatable bonds is 1. The summed E-state index contributed by atoms with van der Waals surface area (Å²) in [4.78, 5) is 10.8. The highest BCUT2D eigenvalue weighted by Gasteiger charge is 2.63. The van der Waals surface area contributed by atoms with Gasteiger partial charge in [0.15, 0.2) is 0 Å². The number of ether oxygens (including phenoxy) is 1. The second-order valence-electron chi connectivity index (χ2n) is 3.63. The summed E-state index contributed by atoms with van der Waals surface area (Å²) in [5.74, 6) is -0.477.